The molecule has 0 radical (unpaired) electrons. The average Bonchev–Trinajstić information content (AvgIpc) is 2.87. The molecule has 43 heavy (non-hydrogen) atoms. The number of nitrogens with two attached hydrogens (primary N) is 4. The number of halogens is 4. The van der Waals surface area contributed by atoms with Crippen molar-refractivity contribution in [3.63, 3.8) is 0 Å². The van der Waals surface area contributed by atoms with Gasteiger partial charge in [-0.25, -0.2) is 19.3 Å². The Balaban J connectivity index is 0.000000323. The van der Waals surface area contributed by atoms with Gasteiger partial charge < -0.3 is 33.6 Å². The smallest absolute Gasteiger partial charge is 0.326 e. The maximum absolute atomic E-state index is 10.9. The number of rotatable bonds is 3. The van der Waals surface area contributed by atoms with Crippen LogP contribution in [0.4, 0.5) is 31.4 Å². The van der Waals surface area contributed by atoms with Crippen LogP contribution in [-0.2, 0) is 0 Å². The maximum Gasteiger partial charge on any atom is 0.326 e. The van der Waals surface area contributed by atoms with Crippen LogP contribution < -0.4 is 49.1 Å². The van der Waals surface area contributed by atoms with Crippen LogP contribution >= 0.6 is 46.4 Å². The third kappa shape index (κ3) is 14.0. The minimum atomic E-state index is -0.837. The number of urea groups is 3. The fourth-order valence-electron chi connectivity index (χ4n) is 2.73. The zero-order valence-electron chi connectivity index (χ0n) is 21.8. The molecule has 0 atom stereocenters. The average molecular weight is 672 g/mol. The number of nitrogens with zero attached hydrogens (tertiary/aromatic N) is 1. The Hall–Kier alpha value is -4.96. The highest BCUT2D eigenvalue weighted by molar-refractivity contribution is 6.39. The monoisotopic (exact) mass is 670 g/mol. The first-order chi connectivity index (χ1) is 20.1. The predicted molar refractivity (Wildman–Crippen MR) is 171 cm³/mol. The van der Waals surface area contributed by atoms with Gasteiger partial charge in [-0.05, 0) is 54.6 Å². The first-order valence-corrected chi connectivity index (χ1v) is 12.8. The molecule has 228 valence electrons. The highest BCUT2D eigenvalue weighted by Crippen LogP contribution is 2.29. The number of hydrogen-bond donors (Lipinski definition) is 11. The zero-order valence-corrected chi connectivity index (χ0v) is 24.9. The summed E-state index contributed by atoms with van der Waals surface area (Å²) in [6, 6.07) is 15.5. The number of guanidine groups is 3. The predicted octanol–water partition coefficient (Wildman–Crippen LogP) is 4.48. The van der Waals surface area contributed by atoms with Crippen molar-refractivity contribution in [2.45, 2.75) is 0 Å². The lowest BCUT2D eigenvalue weighted by atomic mass is 10.3. The van der Waals surface area contributed by atoms with Gasteiger partial charge in [0.1, 0.15) is 0 Å². The van der Waals surface area contributed by atoms with Crippen molar-refractivity contribution in [3.05, 3.63) is 86.8 Å². The molecule has 0 fully saturated rings. The fourth-order valence-corrected chi connectivity index (χ4v) is 3.53. The number of anilines is 3. The van der Waals surface area contributed by atoms with Crippen LogP contribution in [0.5, 0.6) is 0 Å². The molecule has 0 unspecified atom stereocenters. The van der Waals surface area contributed by atoms with Crippen molar-refractivity contribution >= 4 is 99.4 Å². The number of carbonyl (C=O) groups is 3. The minimum absolute atomic E-state index is 0.181. The molecule has 0 heterocycles. The summed E-state index contributed by atoms with van der Waals surface area (Å²) in [5, 5.41) is 32.7. The van der Waals surface area contributed by atoms with Gasteiger partial charge in [0.25, 0.3) is 0 Å². The molecule has 3 aromatic carbocycles. The first-order valence-electron chi connectivity index (χ1n) is 11.3. The van der Waals surface area contributed by atoms with Crippen molar-refractivity contribution in [2.24, 2.45) is 22.9 Å². The van der Waals surface area contributed by atoms with Crippen molar-refractivity contribution in [1.29, 1.82) is 16.2 Å². The van der Waals surface area contributed by atoms with Gasteiger partial charge in [0, 0.05) is 15.7 Å². The Morgan fingerprint density at radius 2 is 1.14 bits per heavy atom. The Morgan fingerprint density at radius 1 is 0.651 bits per heavy atom. The third-order valence-electron chi connectivity index (χ3n) is 4.35. The highest BCUT2D eigenvalue weighted by Gasteiger charge is 2.15. The number of amides is 6. The lowest BCUT2D eigenvalue weighted by molar-refractivity contribution is 0.252. The van der Waals surface area contributed by atoms with E-state index in [2.05, 4.69) is 16.0 Å². The summed E-state index contributed by atoms with van der Waals surface area (Å²) in [6.45, 7) is 0. The molecule has 0 aromatic heterocycles. The summed E-state index contributed by atoms with van der Waals surface area (Å²) in [7, 11) is 0. The van der Waals surface area contributed by atoms with Crippen LogP contribution in [0.25, 0.3) is 0 Å². The molecule has 0 saturated heterocycles. The number of hydrogen-bond acceptors (Lipinski definition) is 6. The quantitative estimate of drug-likeness (QED) is 0.141. The summed E-state index contributed by atoms with van der Waals surface area (Å²) < 4.78 is 0. The molecule has 15 N–H and O–H groups in total. The van der Waals surface area contributed by atoms with Gasteiger partial charge in [-0.2, -0.15) is 0 Å². The molecule has 3 aromatic rings. The van der Waals surface area contributed by atoms with Gasteiger partial charge in [-0.3, -0.25) is 26.9 Å². The number of para-hydroxylation sites is 1. The molecule has 19 heteroatoms. The molecule has 0 aliphatic rings. The number of nitrogens with one attached hydrogen (secondary N) is 7. The van der Waals surface area contributed by atoms with E-state index in [1.807, 2.05) is 5.32 Å². The van der Waals surface area contributed by atoms with E-state index in [0.717, 1.165) is 4.90 Å². The molecule has 3 rings (SSSR count). The largest absolute Gasteiger partial charge is 0.369 e. The molecule has 0 spiro atoms. The topological polar surface area (TPSA) is 278 Å². The van der Waals surface area contributed by atoms with E-state index >= 15 is 0 Å². The van der Waals surface area contributed by atoms with Crippen molar-refractivity contribution in [3.8, 4) is 0 Å². The van der Waals surface area contributed by atoms with Crippen LogP contribution in [0.2, 0.25) is 20.1 Å². The Bertz CT molecular complexity index is 1450. The van der Waals surface area contributed by atoms with Crippen LogP contribution in [0.15, 0.2) is 66.7 Å². The molecule has 6 amide bonds. The van der Waals surface area contributed by atoms with E-state index in [4.69, 9.17) is 85.6 Å². The molecule has 0 saturated carbocycles. The molecule has 0 bridgehead atoms. The summed E-state index contributed by atoms with van der Waals surface area (Å²) in [6.07, 6.45) is 0. The van der Waals surface area contributed by atoms with Gasteiger partial charge in [0.15, 0.2) is 0 Å². The molecular formula is C24H26Cl4N12O3. The normalized spacial score (nSPS) is 9.40. The van der Waals surface area contributed by atoms with E-state index in [1.165, 1.54) is 6.07 Å². The van der Waals surface area contributed by atoms with Crippen molar-refractivity contribution in [1.82, 2.24) is 10.6 Å². The second kappa shape index (κ2) is 17.8. The van der Waals surface area contributed by atoms with Gasteiger partial charge >= 0.3 is 18.1 Å². The fraction of sp³-hybridized carbons (Fsp3) is 0. The summed E-state index contributed by atoms with van der Waals surface area (Å²) in [5.74, 6) is -0.919. The van der Waals surface area contributed by atoms with E-state index < -0.39 is 24.1 Å². The number of primary amides is 3. The van der Waals surface area contributed by atoms with Gasteiger partial charge in [0.05, 0.1) is 21.4 Å². The van der Waals surface area contributed by atoms with Crippen molar-refractivity contribution in [2.75, 3.05) is 15.5 Å². The second-order valence-corrected chi connectivity index (χ2v) is 9.31. The van der Waals surface area contributed by atoms with E-state index in [0.29, 0.717) is 37.2 Å². The van der Waals surface area contributed by atoms with Gasteiger partial charge in [-0.1, -0.05) is 58.5 Å². The lowest BCUT2D eigenvalue weighted by Crippen LogP contribution is -2.44. The Morgan fingerprint density at radius 3 is 1.58 bits per heavy atom. The van der Waals surface area contributed by atoms with Crippen LogP contribution in [0, 0.1) is 16.2 Å². The zero-order chi connectivity index (χ0) is 32.7. The Labute approximate surface area is 265 Å². The molecular weight excluding hydrogens is 646 g/mol. The standard InChI is InChI=1S/C8H8Cl2N4O.2C8H9ClN4O/c9-4-2-1-3-5(10)6(4)13-7(11)14-8(12)15;9-5-1-3-6(4-2-5)12-7(10)13-8(11)14;9-5-2-1-3-6(4-5)13(7(10)11)8(12)14/h1-3H,(H5,11,12,13,14,15);1-4H,(H5,10,11,12,13,14);1-4H,(H3,10,11)(H2,12,14). The maximum atomic E-state index is 10.9. The van der Waals surface area contributed by atoms with E-state index in [9.17, 15) is 14.4 Å². The minimum Gasteiger partial charge on any atom is -0.369 e. The van der Waals surface area contributed by atoms with Crippen LogP contribution in [0.3, 0.4) is 0 Å². The Kier molecular flexibility index (Phi) is 14.9. The highest BCUT2D eigenvalue weighted by atomic mass is 35.5. The summed E-state index contributed by atoms with van der Waals surface area (Å²) in [5.41, 5.74) is 21.2. The summed E-state index contributed by atoms with van der Waals surface area (Å²) >= 11 is 23.0. The first kappa shape index (κ1) is 36.1. The van der Waals surface area contributed by atoms with E-state index in [1.54, 1.807) is 60.7 Å². The van der Waals surface area contributed by atoms with Gasteiger partial charge in [-0.15, -0.1) is 0 Å². The summed E-state index contributed by atoms with van der Waals surface area (Å²) in [4.78, 5) is 32.6. The third-order valence-corrected chi connectivity index (χ3v) is 5.47. The second-order valence-electron chi connectivity index (χ2n) is 7.62. The molecule has 0 aliphatic carbocycles. The van der Waals surface area contributed by atoms with Crippen LogP contribution in [-0.4, -0.2) is 36.0 Å². The van der Waals surface area contributed by atoms with Crippen LogP contribution in [0.1, 0.15) is 0 Å². The van der Waals surface area contributed by atoms with Gasteiger partial charge in [0.2, 0.25) is 17.9 Å². The van der Waals surface area contributed by atoms with E-state index in [-0.39, 0.29) is 11.9 Å². The SMILES string of the molecule is N=C(N)N(C(N)=O)c1cccc(Cl)c1.N=C(NC(N)=O)Nc1c(Cl)cccc1Cl.N=C(NC(N)=O)Nc1ccc(Cl)cc1. The number of carbonyl (C=O) groups excluding carboxylic acids is 3. The molecule has 0 aliphatic heterocycles. The number of benzene rings is 3. The van der Waals surface area contributed by atoms with Crippen molar-refractivity contribution < 1.29 is 14.4 Å². The lowest BCUT2D eigenvalue weighted by Gasteiger charge is -2.17. The molecule has 15 nitrogen and oxygen atoms in total.